The van der Waals surface area contributed by atoms with Crippen LogP contribution < -0.4 is 20.5 Å². The average Bonchev–Trinajstić information content (AvgIpc) is 3.24. The lowest BCUT2D eigenvalue weighted by atomic mass is 10.1. The Bertz CT molecular complexity index is 1370. The minimum Gasteiger partial charge on any atom is -0.454 e. The first kappa shape index (κ1) is 19.1. The zero-order valence-corrected chi connectivity index (χ0v) is 16.9. The van der Waals surface area contributed by atoms with Gasteiger partial charge in [0.2, 0.25) is 12.7 Å². The molecule has 1 aromatic heterocycles. The molecular formula is C23H16ClN3O4. The van der Waals surface area contributed by atoms with Crippen LogP contribution in [0.5, 0.6) is 11.5 Å². The lowest BCUT2D eigenvalue weighted by Crippen LogP contribution is -2.30. The Labute approximate surface area is 181 Å². The molecular weight excluding hydrogens is 418 g/mol. The van der Waals surface area contributed by atoms with Crippen molar-refractivity contribution in [3.05, 3.63) is 82.2 Å². The number of amides is 1. The number of ether oxygens (including phenoxy) is 2. The van der Waals surface area contributed by atoms with Gasteiger partial charge in [-0.15, -0.1) is 0 Å². The molecule has 0 bridgehead atoms. The summed E-state index contributed by atoms with van der Waals surface area (Å²) in [5.41, 5.74) is 1.92. The minimum atomic E-state index is -0.519. The van der Waals surface area contributed by atoms with Crippen LogP contribution in [-0.2, 0) is 11.3 Å². The van der Waals surface area contributed by atoms with Gasteiger partial charge in [0.15, 0.2) is 11.5 Å². The van der Waals surface area contributed by atoms with E-state index >= 15 is 0 Å². The predicted molar refractivity (Wildman–Crippen MR) is 118 cm³/mol. The molecule has 0 fully saturated rings. The smallest absolute Gasteiger partial charge is 0.349 e. The van der Waals surface area contributed by atoms with Crippen LogP contribution in [0.3, 0.4) is 0 Å². The number of carbonyl (C=O) groups excluding carboxylic acids is 1. The molecule has 3 aromatic carbocycles. The van der Waals surface area contributed by atoms with Crippen molar-refractivity contribution in [3.63, 3.8) is 0 Å². The highest BCUT2D eigenvalue weighted by Crippen LogP contribution is 2.34. The maximum Gasteiger partial charge on any atom is 0.349 e. The molecule has 8 heteroatoms. The highest BCUT2D eigenvalue weighted by atomic mass is 35.5. The van der Waals surface area contributed by atoms with Crippen molar-refractivity contribution < 1.29 is 14.3 Å². The van der Waals surface area contributed by atoms with Gasteiger partial charge in [-0.3, -0.25) is 9.36 Å². The second kappa shape index (κ2) is 7.77. The summed E-state index contributed by atoms with van der Waals surface area (Å²) < 4.78 is 11.9. The molecule has 4 aromatic rings. The maximum absolute atomic E-state index is 12.9. The van der Waals surface area contributed by atoms with Gasteiger partial charge in [0.1, 0.15) is 6.54 Å². The fourth-order valence-electron chi connectivity index (χ4n) is 3.54. The van der Waals surface area contributed by atoms with Crippen LogP contribution in [0, 0.1) is 0 Å². The molecule has 154 valence electrons. The van der Waals surface area contributed by atoms with Crippen molar-refractivity contribution in [2.24, 2.45) is 0 Å². The topological polar surface area (TPSA) is 82.5 Å². The van der Waals surface area contributed by atoms with Crippen LogP contribution in [0.1, 0.15) is 0 Å². The Morgan fingerprint density at radius 1 is 1.03 bits per heavy atom. The summed E-state index contributed by atoms with van der Waals surface area (Å²) in [6.45, 7) is -0.0520. The molecule has 1 amide bonds. The van der Waals surface area contributed by atoms with E-state index in [1.54, 1.807) is 36.4 Å². The molecule has 7 nitrogen and oxygen atoms in total. The Morgan fingerprint density at radius 3 is 2.68 bits per heavy atom. The predicted octanol–water partition coefficient (Wildman–Crippen LogP) is 4.08. The van der Waals surface area contributed by atoms with Crippen molar-refractivity contribution in [1.82, 2.24) is 9.55 Å². The summed E-state index contributed by atoms with van der Waals surface area (Å²) in [5, 5.41) is 3.99. The maximum atomic E-state index is 12.9. The molecule has 0 spiro atoms. The van der Waals surface area contributed by atoms with Crippen LogP contribution in [0.2, 0.25) is 5.02 Å². The van der Waals surface area contributed by atoms with Crippen molar-refractivity contribution in [3.8, 4) is 22.8 Å². The van der Waals surface area contributed by atoms with Crippen LogP contribution in [0.25, 0.3) is 22.2 Å². The van der Waals surface area contributed by atoms with Crippen molar-refractivity contribution in [2.75, 3.05) is 12.1 Å². The molecule has 1 aliphatic rings. The molecule has 31 heavy (non-hydrogen) atoms. The number of fused-ring (bicyclic) bond motifs is 2. The van der Waals surface area contributed by atoms with Crippen molar-refractivity contribution in [2.45, 2.75) is 6.54 Å². The number of anilines is 1. The molecule has 0 aliphatic carbocycles. The fraction of sp³-hybridized carbons (Fsp3) is 0.0870. The molecule has 5 rings (SSSR count). The van der Waals surface area contributed by atoms with E-state index in [1.807, 2.05) is 30.3 Å². The largest absolute Gasteiger partial charge is 0.454 e. The molecule has 2 heterocycles. The van der Waals surface area contributed by atoms with Gasteiger partial charge >= 0.3 is 5.69 Å². The van der Waals surface area contributed by atoms with Gasteiger partial charge in [-0.25, -0.2) is 4.79 Å². The molecule has 0 radical (unpaired) electrons. The number of halogens is 1. The third-order valence-electron chi connectivity index (χ3n) is 4.95. The van der Waals surface area contributed by atoms with Crippen LogP contribution >= 0.6 is 11.6 Å². The number of aromatic nitrogens is 2. The van der Waals surface area contributed by atoms with E-state index in [2.05, 4.69) is 10.3 Å². The van der Waals surface area contributed by atoms with E-state index < -0.39 is 5.69 Å². The van der Waals surface area contributed by atoms with E-state index in [0.29, 0.717) is 38.8 Å². The van der Waals surface area contributed by atoms with Gasteiger partial charge in [0.05, 0.1) is 11.2 Å². The van der Waals surface area contributed by atoms with E-state index in [0.717, 1.165) is 5.56 Å². The molecule has 1 aliphatic heterocycles. The first-order valence-corrected chi connectivity index (χ1v) is 9.91. The summed E-state index contributed by atoms with van der Waals surface area (Å²) >= 11 is 6.21. The molecule has 0 unspecified atom stereocenters. The number of rotatable bonds is 4. The molecule has 0 saturated carbocycles. The van der Waals surface area contributed by atoms with Gasteiger partial charge in [0, 0.05) is 27.7 Å². The highest BCUT2D eigenvalue weighted by Gasteiger charge is 2.17. The number of nitrogens with one attached hydrogen (secondary N) is 1. The van der Waals surface area contributed by atoms with E-state index in [4.69, 9.17) is 21.1 Å². The summed E-state index contributed by atoms with van der Waals surface area (Å²) in [6, 6.07) is 19.6. The normalized spacial score (nSPS) is 12.2. The minimum absolute atomic E-state index is 0.149. The number of carbonyl (C=O) groups is 1. The zero-order valence-electron chi connectivity index (χ0n) is 16.2. The van der Waals surface area contributed by atoms with E-state index in [-0.39, 0.29) is 19.2 Å². The van der Waals surface area contributed by atoms with Crippen LogP contribution in [0.15, 0.2) is 71.5 Å². The Balaban J connectivity index is 1.51. The van der Waals surface area contributed by atoms with E-state index in [9.17, 15) is 9.59 Å². The number of hydrogen-bond donors (Lipinski definition) is 1. The summed E-state index contributed by atoms with van der Waals surface area (Å²) in [7, 11) is 0. The lowest BCUT2D eigenvalue weighted by Gasteiger charge is -2.13. The Morgan fingerprint density at radius 2 is 1.84 bits per heavy atom. The lowest BCUT2D eigenvalue weighted by molar-refractivity contribution is -0.116. The van der Waals surface area contributed by atoms with Gasteiger partial charge in [-0.05, 0) is 30.3 Å². The van der Waals surface area contributed by atoms with E-state index in [1.165, 1.54) is 4.57 Å². The quantitative estimate of drug-likeness (QED) is 0.524. The van der Waals surface area contributed by atoms with Crippen LogP contribution in [0.4, 0.5) is 5.69 Å². The van der Waals surface area contributed by atoms with Gasteiger partial charge < -0.3 is 14.8 Å². The third kappa shape index (κ3) is 3.71. The number of nitrogens with zero attached hydrogens (tertiary/aromatic N) is 2. The second-order valence-electron chi connectivity index (χ2n) is 6.97. The SMILES string of the molecule is O=C(Cn1c(=O)nc(-c2ccccc2)c2cc(Cl)ccc21)Nc1ccc2c(c1)OCO2. The average molecular weight is 434 g/mol. The summed E-state index contributed by atoms with van der Waals surface area (Å²) in [4.78, 5) is 29.8. The zero-order chi connectivity index (χ0) is 21.4. The first-order chi connectivity index (χ1) is 15.1. The Hall–Kier alpha value is -3.84. The van der Waals surface area contributed by atoms with Gasteiger partial charge in [-0.2, -0.15) is 4.98 Å². The monoisotopic (exact) mass is 433 g/mol. The van der Waals surface area contributed by atoms with Gasteiger partial charge in [0.25, 0.3) is 0 Å². The molecule has 0 atom stereocenters. The van der Waals surface area contributed by atoms with Gasteiger partial charge in [-0.1, -0.05) is 41.9 Å². The fourth-order valence-corrected chi connectivity index (χ4v) is 3.71. The number of hydrogen-bond acceptors (Lipinski definition) is 5. The van der Waals surface area contributed by atoms with Crippen molar-refractivity contribution in [1.29, 1.82) is 0 Å². The summed E-state index contributed by atoms with van der Waals surface area (Å²) in [5.74, 6) is 0.813. The number of benzene rings is 3. The Kier molecular flexibility index (Phi) is 4.80. The third-order valence-corrected chi connectivity index (χ3v) is 5.18. The standard InChI is InChI=1S/C23H16ClN3O4/c24-15-6-8-18-17(10-15)22(14-4-2-1-3-5-14)26-23(29)27(18)12-21(28)25-16-7-9-19-20(11-16)31-13-30-19/h1-11H,12-13H2,(H,25,28). The molecule has 1 N–H and O–H groups in total. The van der Waals surface area contributed by atoms with Crippen molar-refractivity contribution >= 4 is 34.1 Å². The second-order valence-corrected chi connectivity index (χ2v) is 7.41. The first-order valence-electron chi connectivity index (χ1n) is 9.53. The highest BCUT2D eigenvalue weighted by molar-refractivity contribution is 6.31. The molecule has 0 saturated heterocycles. The van der Waals surface area contributed by atoms with Crippen LogP contribution in [-0.4, -0.2) is 22.3 Å². The summed E-state index contributed by atoms with van der Waals surface area (Å²) in [6.07, 6.45) is 0.